The first-order chi connectivity index (χ1) is 8.66. The van der Waals surface area contributed by atoms with Crippen LogP contribution in [0.1, 0.15) is 12.8 Å². The molecule has 6 heteroatoms. The van der Waals surface area contributed by atoms with Gasteiger partial charge in [-0.2, -0.15) is 0 Å². The van der Waals surface area contributed by atoms with Gasteiger partial charge in [-0.05, 0) is 25.0 Å². The molecule has 0 atom stereocenters. The molecule has 1 heterocycles. The summed E-state index contributed by atoms with van der Waals surface area (Å²) < 4.78 is 5.22. The van der Waals surface area contributed by atoms with Gasteiger partial charge in [0, 0.05) is 19.0 Å². The van der Waals surface area contributed by atoms with E-state index in [1.807, 2.05) is 18.2 Å². The number of hydrogen-bond donors (Lipinski definition) is 1. The SMILES string of the molecule is Cl.NC(=O)C1CCN(C(=O)Oc2ccccc2)CC1. The van der Waals surface area contributed by atoms with E-state index in [0.717, 1.165) is 0 Å². The van der Waals surface area contributed by atoms with Crippen molar-refractivity contribution < 1.29 is 14.3 Å². The van der Waals surface area contributed by atoms with Crippen molar-refractivity contribution in [3.63, 3.8) is 0 Å². The molecule has 1 aliphatic rings. The molecule has 0 unspecified atom stereocenters. The van der Waals surface area contributed by atoms with Crippen LogP contribution < -0.4 is 10.5 Å². The van der Waals surface area contributed by atoms with Crippen LogP contribution in [-0.4, -0.2) is 30.0 Å². The number of likely N-dealkylation sites (tertiary alicyclic amines) is 1. The molecular formula is C13H17ClN2O3. The Bertz CT molecular complexity index is 431. The Morgan fingerprint density at radius 1 is 1.16 bits per heavy atom. The number of nitrogens with two attached hydrogens (primary N) is 1. The first-order valence-electron chi connectivity index (χ1n) is 5.98. The molecule has 1 aromatic rings. The third-order valence-corrected chi connectivity index (χ3v) is 3.10. The van der Waals surface area contributed by atoms with E-state index >= 15 is 0 Å². The monoisotopic (exact) mass is 284 g/mol. The van der Waals surface area contributed by atoms with Gasteiger partial charge < -0.3 is 15.4 Å². The fourth-order valence-corrected chi connectivity index (χ4v) is 2.00. The van der Waals surface area contributed by atoms with Crippen LogP contribution in [0.15, 0.2) is 30.3 Å². The third kappa shape index (κ3) is 4.13. The molecule has 0 aromatic heterocycles. The van der Waals surface area contributed by atoms with Gasteiger partial charge in [0.05, 0.1) is 0 Å². The zero-order valence-corrected chi connectivity index (χ0v) is 11.3. The lowest BCUT2D eigenvalue weighted by molar-refractivity contribution is -0.123. The van der Waals surface area contributed by atoms with E-state index in [-0.39, 0.29) is 30.3 Å². The van der Waals surface area contributed by atoms with Crippen molar-refractivity contribution in [1.82, 2.24) is 4.90 Å². The number of piperidine rings is 1. The van der Waals surface area contributed by atoms with Gasteiger partial charge in [0.25, 0.3) is 0 Å². The summed E-state index contributed by atoms with van der Waals surface area (Å²) in [6.45, 7) is 1.03. The van der Waals surface area contributed by atoms with Gasteiger partial charge >= 0.3 is 6.09 Å². The summed E-state index contributed by atoms with van der Waals surface area (Å²) in [7, 11) is 0. The predicted octanol–water partition coefficient (Wildman–Crippen LogP) is 1.80. The summed E-state index contributed by atoms with van der Waals surface area (Å²) in [6, 6.07) is 8.93. The Morgan fingerprint density at radius 2 is 1.74 bits per heavy atom. The second-order valence-corrected chi connectivity index (χ2v) is 4.34. The maximum absolute atomic E-state index is 11.8. The summed E-state index contributed by atoms with van der Waals surface area (Å²) in [4.78, 5) is 24.4. The maximum Gasteiger partial charge on any atom is 0.415 e. The maximum atomic E-state index is 11.8. The number of halogens is 1. The van der Waals surface area contributed by atoms with Crippen LogP contribution in [0.2, 0.25) is 0 Å². The van der Waals surface area contributed by atoms with E-state index < -0.39 is 0 Å². The van der Waals surface area contributed by atoms with Crippen LogP contribution in [0.4, 0.5) is 4.79 Å². The Morgan fingerprint density at radius 3 is 2.26 bits per heavy atom. The average Bonchev–Trinajstić information content (AvgIpc) is 2.40. The highest BCUT2D eigenvalue weighted by molar-refractivity contribution is 5.85. The zero-order chi connectivity index (χ0) is 13.0. The number of benzene rings is 1. The number of para-hydroxylation sites is 1. The molecule has 2 N–H and O–H groups in total. The van der Waals surface area contributed by atoms with E-state index in [1.54, 1.807) is 17.0 Å². The van der Waals surface area contributed by atoms with E-state index in [2.05, 4.69) is 0 Å². The Balaban J connectivity index is 0.00000180. The highest BCUT2D eigenvalue weighted by atomic mass is 35.5. The Kier molecular flexibility index (Phi) is 5.63. The fraction of sp³-hybridized carbons (Fsp3) is 0.385. The van der Waals surface area contributed by atoms with Crippen LogP contribution in [0.25, 0.3) is 0 Å². The summed E-state index contributed by atoms with van der Waals surface area (Å²) in [6.07, 6.45) is 0.849. The molecule has 2 rings (SSSR count). The first kappa shape index (κ1) is 15.3. The molecule has 1 aliphatic heterocycles. The minimum atomic E-state index is -0.371. The number of ether oxygens (including phenoxy) is 1. The highest BCUT2D eigenvalue weighted by Gasteiger charge is 2.26. The topological polar surface area (TPSA) is 72.6 Å². The number of nitrogens with zero attached hydrogens (tertiary/aromatic N) is 1. The molecule has 0 radical (unpaired) electrons. The molecule has 104 valence electrons. The average molecular weight is 285 g/mol. The number of rotatable bonds is 2. The van der Waals surface area contributed by atoms with E-state index in [9.17, 15) is 9.59 Å². The number of primary amides is 1. The second kappa shape index (κ2) is 6.99. The van der Waals surface area contributed by atoms with Crippen molar-refractivity contribution in [3.8, 4) is 5.75 Å². The Hall–Kier alpha value is -1.75. The van der Waals surface area contributed by atoms with Crippen LogP contribution in [-0.2, 0) is 4.79 Å². The van der Waals surface area contributed by atoms with E-state index in [0.29, 0.717) is 31.7 Å². The standard InChI is InChI=1S/C13H16N2O3.ClH/c14-12(16)10-6-8-15(9-7-10)13(17)18-11-4-2-1-3-5-11;/h1-5,10H,6-9H2,(H2,14,16);1H. The van der Waals surface area contributed by atoms with Crippen molar-refractivity contribution in [2.24, 2.45) is 11.7 Å². The van der Waals surface area contributed by atoms with Gasteiger partial charge in [-0.3, -0.25) is 4.79 Å². The second-order valence-electron chi connectivity index (χ2n) is 4.34. The number of hydrogen-bond acceptors (Lipinski definition) is 3. The van der Waals surface area contributed by atoms with Crippen molar-refractivity contribution >= 4 is 24.4 Å². The zero-order valence-electron chi connectivity index (χ0n) is 10.5. The smallest absolute Gasteiger partial charge is 0.410 e. The summed E-state index contributed by atoms with van der Waals surface area (Å²) in [5, 5.41) is 0. The summed E-state index contributed by atoms with van der Waals surface area (Å²) >= 11 is 0. The number of amides is 2. The fourth-order valence-electron chi connectivity index (χ4n) is 2.00. The normalized spacial score (nSPS) is 15.5. The van der Waals surface area contributed by atoms with Gasteiger partial charge in [0.2, 0.25) is 5.91 Å². The minimum Gasteiger partial charge on any atom is -0.410 e. The predicted molar refractivity (Wildman–Crippen MR) is 73.2 cm³/mol. The third-order valence-electron chi connectivity index (χ3n) is 3.10. The van der Waals surface area contributed by atoms with Gasteiger partial charge in [-0.1, -0.05) is 18.2 Å². The van der Waals surface area contributed by atoms with Gasteiger partial charge in [0.15, 0.2) is 0 Å². The lowest BCUT2D eigenvalue weighted by Crippen LogP contribution is -2.42. The molecule has 0 saturated carbocycles. The van der Waals surface area contributed by atoms with E-state index in [1.165, 1.54) is 0 Å². The van der Waals surface area contributed by atoms with Crippen LogP contribution in [0.3, 0.4) is 0 Å². The lowest BCUT2D eigenvalue weighted by Gasteiger charge is -2.29. The molecule has 1 aromatic carbocycles. The van der Waals surface area contributed by atoms with Crippen molar-refractivity contribution in [3.05, 3.63) is 30.3 Å². The molecule has 0 spiro atoms. The van der Waals surface area contributed by atoms with Crippen LogP contribution in [0, 0.1) is 5.92 Å². The van der Waals surface area contributed by atoms with Crippen molar-refractivity contribution in [2.75, 3.05) is 13.1 Å². The van der Waals surface area contributed by atoms with Crippen molar-refractivity contribution in [2.45, 2.75) is 12.8 Å². The first-order valence-corrected chi connectivity index (χ1v) is 5.98. The molecule has 19 heavy (non-hydrogen) atoms. The van der Waals surface area contributed by atoms with Crippen LogP contribution >= 0.6 is 12.4 Å². The molecular weight excluding hydrogens is 268 g/mol. The summed E-state index contributed by atoms with van der Waals surface area (Å²) in [5.41, 5.74) is 5.24. The molecule has 0 aliphatic carbocycles. The lowest BCUT2D eigenvalue weighted by atomic mass is 9.97. The Labute approximate surface area is 118 Å². The van der Waals surface area contributed by atoms with E-state index in [4.69, 9.17) is 10.5 Å². The van der Waals surface area contributed by atoms with Gasteiger partial charge in [-0.25, -0.2) is 4.79 Å². The molecule has 1 fully saturated rings. The quantitative estimate of drug-likeness (QED) is 0.900. The van der Waals surface area contributed by atoms with Gasteiger partial charge in [0.1, 0.15) is 5.75 Å². The number of carbonyl (C=O) groups is 2. The molecule has 5 nitrogen and oxygen atoms in total. The number of carbonyl (C=O) groups excluding carboxylic acids is 2. The van der Waals surface area contributed by atoms with Crippen LogP contribution in [0.5, 0.6) is 5.75 Å². The molecule has 1 saturated heterocycles. The minimum absolute atomic E-state index is 0. The molecule has 2 amide bonds. The van der Waals surface area contributed by atoms with Crippen molar-refractivity contribution in [1.29, 1.82) is 0 Å². The highest BCUT2D eigenvalue weighted by Crippen LogP contribution is 2.18. The summed E-state index contributed by atoms with van der Waals surface area (Å²) in [5.74, 6) is 0.122. The molecule has 0 bridgehead atoms. The van der Waals surface area contributed by atoms with Gasteiger partial charge in [-0.15, -0.1) is 12.4 Å². The largest absolute Gasteiger partial charge is 0.415 e.